The highest BCUT2D eigenvalue weighted by molar-refractivity contribution is 5.81. The van der Waals surface area contributed by atoms with E-state index in [0.29, 0.717) is 12.8 Å². The van der Waals surface area contributed by atoms with Crippen LogP contribution in [0.2, 0.25) is 0 Å². The molecule has 0 unspecified atom stereocenters. The lowest BCUT2D eigenvalue weighted by molar-refractivity contribution is -0.152. The Bertz CT molecular complexity index is 243. The fourth-order valence-corrected chi connectivity index (χ4v) is 2.40. The minimum atomic E-state index is -0.948. The molecule has 2 fully saturated rings. The van der Waals surface area contributed by atoms with Gasteiger partial charge in [0.05, 0.1) is 11.8 Å². The highest BCUT2D eigenvalue weighted by Crippen LogP contribution is 2.61. The van der Waals surface area contributed by atoms with Gasteiger partial charge in [0, 0.05) is 0 Å². The molecule has 2 atom stereocenters. The first-order valence-corrected chi connectivity index (χ1v) is 4.50. The summed E-state index contributed by atoms with van der Waals surface area (Å²) in [6.45, 7) is 0. The number of carboxylic acid groups (broad SMARTS) is 2. The quantitative estimate of drug-likeness (QED) is 0.670. The number of carboxylic acids is 2. The van der Waals surface area contributed by atoms with Crippen LogP contribution < -0.4 is 0 Å². The minimum absolute atomic E-state index is 0.0894. The molecule has 0 bridgehead atoms. The summed E-state index contributed by atoms with van der Waals surface area (Å²) in [5, 5.41) is 17.7. The summed E-state index contributed by atoms with van der Waals surface area (Å²) in [6, 6.07) is 0. The molecule has 2 N–H and O–H groups in total. The normalized spacial score (nSPS) is 34.8. The molecule has 4 nitrogen and oxygen atoms in total. The van der Waals surface area contributed by atoms with Crippen LogP contribution in [0, 0.1) is 17.3 Å². The summed E-state index contributed by atoms with van der Waals surface area (Å²) in [5.41, 5.74) is 0.0894. The van der Waals surface area contributed by atoms with Crippen LogP contribution in [0.3, 0.4) is 0 Å². The molecule has 2 aliphatic rings. The van der Waals surface area contributed by atoms with Gasteiger partial charge in [0.25, 0.3) is 0 Å². The highest BCUT2D eigenvalue weighted by atomic mass is 16.4. The van der Waals surface area contributed by atoms with Crippen molar-refractivity contribution in [2.24, 2.45) is 17.3 Å². The molecule has 4 heteroatoms. The second-order valence-electron chi connectivity index (χ2n) is 4.30. The van der Waals surface area contributed by atoms with Gasteiger partial charge in [-0.3, -0.25) is 9.59 Å². The van der Waals surface area contributed by atoms with Crippen molar-refractivity contribution in [1.82, 2.24) is 0 Å². The first-order valence-electron chi connectivity index (χ1n) is 4.50. The van der Waals surface area contributed by atoms with E-state index in [-0.39, 0.29) is 5.41 Å². The molecule has 0 aromatic heterocycles. The molecule has 0 saturated heterocycles. The fourth-order valence-electron chi connectivity index (χ4n) is 2.40. The van der Waals surface area contributed by atoms with Gasteiger partial charge in [0.15, 0.2) is 0 Å². The van der Waals surface area contributed by atoms with Crippen molar-refractivity contribution in [3.63, 3.8) is 0 Å². The summed E-state index contributed by atoms with van der Waals surface area (Å²) in [5.74, 6) is -3.20. The Kier molecular flexibility index (Phi) is 1.62. The Labute approximate surface area is 75.6 Å². The third-order valence-electron chi connectivity index (χ3n) is 3.38. The van der Waals surface area contributed by atoms with E-state index in [1.165, 1.54) is 0 Å². The Balaban J connectivity index is 2.16. The summed E-state index contributed by atoms with van der Waals surface area (Å²) in [7, 11) is 0. The maximum atomic E-state index is 10.8. The van der Waals surface area contributed by atoms with E-state index in [9.17, 15) is 9.59 Å². The molecule has 0 aromatic carbocycles. The monoisotopic (exact) mass is 184 g/mol. The van der Waals surface area contributed by atoms with Crippen LogP contribution in [0.4, 0.5) is 0 Å². The van der Waals surface area contributed by atoms with E-state index in [2.05, 4.69) is 0 Å². The Morgan fingerprint density at radius 2 is 1.38 bits per heavy atom. The third-order valence-corrected chi connectivity index (χ3v) is 3.38. The van der Waals surface area contributed by atoms with E-state index in [0.717, 1.165) is 12.8 Å². The van der Waals surface area contributed by atoms with Crippen LogP contribution in [-0.4, -0.2) is 22.2 Å². The van der Waals surface area contributed by atoms with Gasteiger partial charge in [-0.2, -0.15) is 0 Å². The van der Waals surface area contributed by atoms with E-state index < -0.39 is 23.8 Å². The number of carbonyl (C=O) groups is 2. The number of hydrogen-bond acceptors (Lipinski definition) is 2. The Morgan fingerprint density at radius 1 is 1.00 bits per heavy atom. The van der Waals surface area contributed by atoms with Crippen LogP contribution in [0.15, 0.2) is 0 Å². The molecule has 0 aromatic rings. The summed E-state index contributed by atoms with van der Waals surface area (Å²) < 4.78 is 0. The topological polar surface area (TPSA) is 74.6 Å². The molecule has 0 heterocycles. The van der Waals surface area contributed by atoms with Crippen molar-refractivity contribution >= 4 is 11.9 Å². The molecule has 2 saturated carbocycles. The molecule has 2 rings (SSSR count). The van der Waals surface area contributed by atoms with Crippen LogP contribution in [0.25, 0.3) is 0 Å². The number of aliphatic carboxylic acids is 2. The first-order chi connectivity index (χ1) is 6.04. The van der Waals surface area contributed by atoms with Crippen molar-refractivity contribution in [3.05, 3.63) is 0 Å². The van der Waals surface area contributed by atoms with E-state index in [4.69, 9.17) is 10.2 Å². The van der Waals surface area contributed by atoms with E-state index >= 15 is 0 Å². The van der Waals surface area contributed by atoms with Crippen molar-refractivity contribution in [1.29, 1.82) is 0 Å². The highest BCUT2D eigenvalue weighted by Gasteiger charge is 2.56. The largest absolute Gasteiger partial charge is 0.481 e. The van der Waals surface area contributed by atoms with Crippen LogP contribution in [0.1, 0.15) is 25.7 Å². The summed E-state index contributed by atoms with van der Waals surface area (Å²) >= 11 is 0. The van der Waals surface area contributed by atoms with Gasteiger partial charge in [-0.25, -0.2) is 0 Å². The van der Waals surface area contributed by atoms with Crippen LogP contribution in [0.5, 0.6) is 0 Å². The second kappa shape index (κ2) is 2.47. The lowest BCUT2D eigenvalue weighted by atomic mass is 9.97. The molecule has 0 aliphatic heterocycles. The summed E-state index contributed by atoms with van der Waals surface area (Å²) in [6.07, 6.45) is 3.17. The number of rotatable bonds is 2. The van der Waals surface area contributed by atoms with Gasteiger partial charge in [-0.05, 0) is 31.1 Å². The average molecular weight is 184 g/mol. The summed E-state index contributed by atoms with van der Waals surface area (Å²) in [4.78, 5) is 21.5. The Morgan fingerprint density at radius 3 is 1.62 bits per heavy atom. The first kappa shape index (κ1) is 8.53. The lowest BCUT2D eigenvalue weighted by Crippen LogP contribution is -2.24. The zero-order valence-electron chi connectivity index (χ0n) is 7.19. The molecule has 0 radical (unpaired) electrons. The van der Waals surface area contributed by atoms with Crippen LogP contribution in [-0.2, 0) is 9.59 Å². The molecule has 13 heavy (non-hydrogen) atoms. The van der Waals surface area contributed by atoms with E-state index in [1.807, 2.05) is 0 Å². The maximum absolute atomic E-state index is 10.8. The molecule has 72 valence electrons. The van der Waals surface area contributed by atoms with Gasteiger partial charge < -0.3 is 10.2 Å². The number of hydrogen-bond donors (Lipinski definition) is 2. The standard InChI is InChI=1S/C9H12O4/c10-7(11)5-3-9(1-2-9)4-6(5)8(12)13/h5-6H,1-4H2,(H,10,11)(H,12,13)/t5-,6-/m0/s1. The van der Waals surface area contributed by atoms with Gasteiger partial charge in [0.2, 0.25) is 0 Å². The predicted octanol–water partition coefficient (Wildman–Crippen LogP) is 0.962. The van der Waals surface area contributed by atoms with Crippen molar-refractivity contribution in [2.45, 2.75) is 25.7 Å². The third kappa shape index (κ3) is 1.30. The molecule has 0 amide bonds. The van der Waals surface area contributed by atoms with Crippen molar-refractivity contribution in [3.8, 4) is 0 Å². The van der Waals surface area contributed by atoms with Gasteiger partial charge in [0.1, 0.15) is 0 Å². The minimum Gasteiger partial charge on any atom is -0.481 e. The van der Waals surface area contributed by atoms with Gasteiger partial charge in [-0.15, -0.1) is 0 Å². The molecular formula is C9H12O4. The molecular weight excluding hydrogens is 172 g/mol. The maximum Gasteiger partial charge on any atom is 0.307 e. The SMILES string of the molecule is O=C(O)[C@H]1CC2(CC2)C[C@@H]1C(=O)O. The van der Waals surface area contributed by atoms with Crippen molar-refractivity contribution < 1.29 is 19.8 Å². The molecule has 2 aliphatic carbocycles. The molecule has 1 spiro atoms. The smallest absolute Gasteiger partial charge is 0.307 e. The zero-order chi connectivity index (χ0) is 9.64. The zero-order valence-corrected chi connectivity index (χ0v) is 7.19. The van der Waals surface area contributed by atoms with E-state index in [1.54, 1.807) is 0 Å². The van der Waals surface area contributed by atoms with Crippen LogP contribution >= 0.6 is 0 Å². The average Bonchev–Trinajstić information content (AvgIpc) is 2.60. The fraction of sp³-hybridized carbons (Fsp3) is 0.778. The van der Waals surface area contributed by atoms with Crippen molar-refractivity contribution in [2.75, 3.05) is 0 Å². The second-order valence-corrected chi connectivity index (χ2v) is 4.30. The Hall–Kier alpha value is -1.06. The predicted molar refractivity (Wildman–Crippen MR) is 43.2 cm³/mol. The van der Waals surface area contributed by atoms with Gasteiger partial charge in [-0.1, -0.05) is 0 Å². The lowest BCUT2D eigenvalue weighted by Gasteiger charge is -2.08. The van der Waals surface area contributed by atoms with Gasteiger partial charge >= 0.3 is 11.9 Å².